The molecule has 6 heteroatoms. The minimum Gasteiger partial charge on any atom is -0.469 e. The molecule has 1 aromatic heterocycles. The van der Waals surface area contributed by atoms with Gasteiger partial charge in [0.15, 0.2) is 14.1 Å². The molecular formula is C19H29NO4Si. The molecule has 0 aromatic carbocycles. The Labute approximate surface area is 151 Å². The summed E-state index contributed by atoms with van der Waals surface area (Å²) >= 11 is 0. The molecular weight excluding hydrogens is 334 g/mol. The zero-order chi connectivity index (χ0) is 19.1. The lowest BCUT2D eigenvalue weighted by molar-refractivity contribution is -0.142. The van der Waals surface area contributed by atoms with Gasteiger partial charge in [-0.15, -0.1) is 0 Å². The van der Waals surface area contributed by atoms with Crippen LogP contribution in [0.1, 0.15) is 39.2 Å². The third-order valence-electron chi connectivity index (χ3n) is 4.46. The molecule has 1 atom stereocenters. The van der Waals surface area contributed by atoms with Gasteiger partial charge < -0.3 is 9.16 Å². The summed E-state index contributed by atoms with van der Waals surface area (Å²) in [6.45, 7) is 10.6. The van der Waals surface area contributed by atoms with Gasteiger partial charge in [0, 0.05) is 18.8 Å². The molecule has 0 spiro atoms. The van der Waals surface area contributed by atoms with Gasteiger partial charge in [0.05, 0.1) is 19.6 Å². The quantitative estimate of drug-likeness (QED) is 0.397. The van der Waals surface area contributed by atoms with Crippen LogP contribution < -0.4 is 0 Å². The molecule has 0 saturated heterocycles. The molecule has 0 saturated carbocycles. The molecule has 0 unspecified atom stereocenters. The second-order valence-electron chi connectivity index (χ2n) is 7.57. The first kappa shape index (κ1) is 21.2. The molecule has 1 rings (SSSR count). The van der Waals surface area contributed by atoms with Gasteiger partial charge in [-0.05, 0) is 41.9 Å². The fourth-order valence-corrected chi connectivity index (χ4v) is 3.33. The molecule has 0 fully saturated rings. The van der Waals surface area contributed by atoms with Gasteiger partial charge in [-0.3, -0.25) is 14.6 Å². The average molecular weight is 364 g/mol. The number of esters is 1. The Morgan fingerprint density at radius 1 is 1.28 bits per heavy atom. The third-order valence-corrected chi connectivity index (χ3v) is 9.00. The molecule has 1 aromatic rings. The van der Waals surface area contributed by atoms with Crippen LogP contribution in [-0.4, -0.2) is 38.3 Å². The van der Waals surface area contributed by atoms with Crippen LogP contribution in [0.15, 0.2) is 30.6 Å². The highest BCUT2D eigenvalue weighted by Crippen LogP contribution is 2.38. The molecule has 0 aliphatic rings. The Hall–Kier alpha value is -1.79. The van der Waals surface area contributed by atoms with Gasteiger partial charge in [-0.1, -0.05) is 26.8 Å². The summed E-state index contributed by atoms with van der Waals surface area (Å²) in [5.41, 5.74) is 0.852. The van der Waals surface area contributed by atoms with Crippen molar-refractivity contribution >= 4 is 26.1 Å². The molecule has 0 aliphatic heterocycles. The first-order valence-corrected chi connectivity index (χ1v) is 11.3. The van der Waals surface area contributed by atoms with Crippen molar-refractivity contribution in [2.75, 3.05) is 7.11 Å². The first-order valence-electron chi connectivity index (χ1n) is 8.41. The van der Waals surface area contributed by atoms with Crippen LogP contribution in [0.2, 0.25) is 18.1 Å². The molecule has 0 amide bonds. The zero-order valence-electron chi connectivity index (χ0n) is 16.0. The van der Waals surface area contributed by atoms with E-state index in [9.17, 15) is 9.59 Å². The van der Waals surface area contributed by atoms with Crippen molar-refractivity contribution in [3.8, 4) is 0 Å². The maximum atomic E-state index is 12.3. The summed E-state index contributed by atoms with van der Waals surface area (Å²) in [7, 11) is -0.752. The van der Waals surface area contributed by atoms with Crippen LogP contribution in [0, 0.1) is 0 Å². The number of allylic oxidation sites excluding steroid dienone is 1. The van der Waals surface area contributed by atoms with Crippen molar-refractivity contribution in [2.24, 2.45) is 0 Å². The number of carbonyl (C=O) groups is 2. The van der Waals surface area contributed by atoms with Crippen molar-refractivity contribution in [3.63, 3.8) is 0 Å². The van der Waals surface area contributed by atoms with Gasteiger partial charge in [0.25, 0.3) is 0 Å². The molecule has 5 nitrogen and oxygen atoms in total. The van der Waals surface area contributed by atoms with Crippen LogP contribution in [0.5, 0.6) is 0 Å². The minimum absolute atomic E-state index is 0.00400. The van der Waals surface area contributed by atoms with Crippen molar-refractivity contribution < 1.29 is 18.8 Å². The minimum atomic E-state index is -2.10. The van der Waals surface area contributed by atoms with E-state index in [1.54, 1.807) is 18.5 Å². The Balaban J connectivity index is 2.81. The van der Waals surface area contributed by atoms with E-state index < -0.39 is 14.4 Å². The van der Waals surface area contributed by atoms with Crippen molar-refractivity contribution in [1.82, 2.24) is 4.98 Å². The van der Waals surface area contributed by atoms with Crippen LogP contribution in [0.3, 0.4) is 0 Å². The second kappa shape index (κ2) is 9.06. The predicted molar refractivity (Wildman–Crippen MR) is 102 cm³/mol. The van der Waals surface area contributed by atoms with E-state index in [-0.39, 0.29) is 29.6 Å². The monoisotopic (exact) mass is 363 g/mol. The van der Waals surface area contributed by atoms with Crippen LogP contribution >= 0.6 is 0 Å². The second-order valence-corrected chi connectivity index (χ2v) is 12.3. The average Bonchev–Trinajstić information content (AvgIpc) is 2.52. The number of pyridine rings is 1. The van der Waals surface area contributed by atoms with Crippen LogP contribution in [0.25, 0.3) is 6.08 Å². The molecule has 0 radical (unpaired) electrons. The van der Waals surface area contributed by atoms with Crippen molar-refractivity contribution in [2.45, 2.75) is 57.8 Å². The third kappa shape index (κ3) is 7.32. The lowest BCUT2D eigenvalue weighted by Crippen LogP contribution is -2.44. The fourth-order valence-electron chi connectivity index (χ4n) is 1.97. The highest BCUT2D eigenvalue weighted by Gasteiger charge is 2.39. The summed E-state index contributed by atoms with van der Waals surface area (Å²) in [5, 5.41) is -0.00400. The summed E-state index contributed by atoms with van der Waals surface area (Å²) in [5.74, 6) is -0.454. The SMILES string of the molecule is COC(=O)C[C@@H](CC(=O)/C=C/c1cccnc1)O[Si](C)(C)C(C)(C)C. The van der Waals surface area contributed by atoms with E-state index in [1.165, 1.54) is 13.2 Å². The van der Waals surface area contributed by atoms with Gasteiger partial charge in [0.1, 0.15) is 0 Å². The van der Waals surface area contributed by atoms with E-state index in [1.807, 2.05) is 12.1 Å². The van der Waals surface area contributed by atoms with E-state index in [2.05, 4.69) is 38.8 Å². The molecule has 25 heavy (non-hydrogen) atoms. The highest BCUT2D eigenvalue weighted by molar-refractivity contribution is 6.74. The van der Waals surface area contributed by atoms with E-state index >= 15 is 0 Å². The highest BCUT2D eigenvalue weighted by atomic mass is 28.4. The largest absolute Gasteiger partial charge is 0.469 e. The van der Waals surface area contributed by atoms with Gasteiger partial charge >= 0.3 is 5.97 Å². The van der Waals surface area contributed by atoms with Gasteiger partial charge in [-0.25, -0.2) is 0 Å². The predicted octanol–water partition coefficient (Wildman–Crippen LogP) is 4.01. The number of aromatic nitrogens is 1. The lowest BCUT2D eigenvalue weighted by atomic mass is 10.1. The maximum Gasteiger partial charge on any atom is 0.308 e. The number of ketones is 1. The van der Waals surface area contributed by atoms with E-state index in [0.29, 0.717) is 0 Å². The molecule has 1 heterocycles. The Morgan fingerprint density at radius 3 is 2.48 bits per heavy atom. The Bertz CT molecular complexity index is 606. The summed E-state index contributed by atoms with van der Waals surface area (Å²) in [6, 6.07) is 3.68. The number of nitrogens with zero attached hydrogens (tertiary/aromatic N) is 1. The normalized spacial score (nSPS) is 13.7. The number of ether oxygens (including phenoxy) is 1. The summed E-state index contributed by atoms with van der Waals surface area (Å²) in [6.07, 6.45) is 6.35. The van der Waals surface area contributed by atoms with Crippen molar-refractivity contribution in [3.05, 3.63) is 36.2 Å². The fraction of sp³-hybridized carbons (Fsp3) is 0.526. The maximum absolute atomic E-state index is 12.3. The number of rotatable bonds is 8. The van der Waals surface area contributed by atoms with Crippen molar-refractivity contribution in [1.29, 1.82) is 0 Å². The molecule has 0 aliphatic carbocycles. The standard InChI is InChI=1S/C19H29NO4Si/c1-19(2,3)25(5,6)24-17(13-18(22)23-4)12-16(21)10-9-15-8-7-11-20-14-15/h7-11,14,17H,12-13H2,1-6H3/b10-9+/t17-/m1/s1. The topological polar surface area (TPSA) is 65.5 Å². The number of hydrogen-bond donors (Lipinski definition) is 0. The van der Waals surface area contributed by atoms with Gasteiger partial charge in [-0.2, -0.15) is 0 Å². The summed E-state index contributed by atoms with van der Waals surface area (Å²) in [4.78, 5) is 28.0. The molecule has 0 N–H and O–H groups in total. The lowest BCUT2D eigenvalue weighted by Gasteiger charge is -2.39. The van der Waals surface area contributed by atoms with E-state index in [4.69, 9.17) is 9.16 Å². The number of carbonyl (C=O) groups excluding carboxylic acids is 2. The summed E-state index contributed by atoms with van der Waals surface area (Å²) < 4.78 is 11.0. The molecule has 138 valence electrons. The first-order chi connectivity index (χ1) is 11.5. The molecule has 0 bridgehead atoms. The van der Waals surface area contributed by atoms with E-state index in [0.717, 1.165) is 5.56 Å². The van der Waals surface area contributed by atoms with Crippen LogP contribution in [-0.2, 0) is 18.8 Å². The zero-order valence-corrected chi connectivity index (χ0v) is 17.0. The smallest absolute Gasteiger partial charge is 0.308 e. The van der Waals surface area contributed by atoms with Crippen LogP contribution in [0.4, 0.5) is 0 Å². The Kier molecular flexibility index (Phi) is 7.70. The number of methoxy groups -OCH3 is 1. The number of hydrogen-bond acceptors (Lipinski definition) is 5. The Morgan fingerprint density at radius 2 is 1.96 bits per heavy atom. The van der Waals surface area contributed by atoms with Gasteiger partial charge in [0.2, 0.25) is 0 Å².